The van der Waals surface area contributed by atoms with Gasteiger partial charge >= 0.3 is 0 Å². The molecule has 3 aliphatic rings. The summed E-state index contributed by atoms with van der Waals surface area (Å²) < 4.78 is 6.15. The lowest BCUT2D eigenvalue weighted by Crippen LogP contribution is -2.53. The van der Waals surface area contributed by atoms with Gasteiger partial charge in [-0.2, -0.15) is 0 Å². The van der Waals surface area contributed by atoms with E-state index in [1.54, 1.807) is 18.3 Å². The molecule has 1 aromatic carbocycles. The number of likely N-dealkylation sites (N-methyl/N-ethyl adjacent to an activating group) is 1. The molecule has 4 heterocycles. The fourth-order valence-corrected chi connectivity index (χ4v) is 6.16. The van der Waals surface area contributed by atoms with Gasteiger partial charge in [-0.3, -0.25) is 24.5 Å². The van der Waals surface area contributed by atoms with Crippen molar-refractivity contribution in [1.29, 1.82) is 0 Å². The molecule has 5 rings (SSSR count). The van der Waals surface area contributed by atoms with E-state index >= 15 is 0 Å². The van der Waals surface area contributed by atoms with E-state index in [4.69, 9.17) is 4.74 Å². The Balaban J connectivity index is 1.09. The topological polar surface area (TPSA) is 124 Å². The van der Waals surface area contributed by atoms with Crippen LogP contribution in [0.15, 0.2) is 36.5 Å². The Hall–Kier alpha value is -3.99. The number of nitrogens with one attached hydrogen (secondary N) is 2. The maximum absolute atomic E-state index is 13.2. The fourth-order valence-electron chi connectivity index (χ4n) is 6.16. The minimum atomic E-state index is -0.736. The molecule has 11 nitrogen and oxygen atoms in total. The van der Waals surface area contributed by atoms with E-state index in [-0.39, 0.29) is 30.4 Å². The molecule has 1 aromatic heterocycles. The quantitative estimate of drug-likeness (QED) is 0.342. The third-order valence-corrected chi connectivity index (χ3v) is 8.72. The molecule has 1 atom stereocenters. The average molecular weight is 577 g/mol. The number of hydrogen-bond donors (Lipinski definition) is 2. The van der Waals surface area contributed by atoms with Crippen LogP contribution in [0.25, 0.3) is 0 Å². The molecule has 224 valence electrons. The monoisotopic (exact) mass is 576 g/mol. The molecule has 42 heavy (non-hydrogen) atoms. The summed E-state index contributed by atoms with van der Waals surface area (Å²) in [5.41, 5.74) is 1.48. The Morgan fingerprint density at radius 3 is 2.50 bits per heavy atom. The van der Waals surface area contributed by atoms with Gasteiger partial charge in [-0.25, -0.2) is 4.98 Å². The van der Waals surface area contributed by atoms with Gasteiger partial charge in [0.05, 0.1) is 11.8 Å². The molecule has 0 aliphatic carbocycles. The van der Waals surface area contributed by atoms with Crippen LogP contribution in [0.4, 0.5) is 11.5 Å². The van der Waals surface area contributed by atoms with Crippen molar-refractivity contribution in [2.45, 2.75) is 50.7 Å². The van der Waals surface area contributed by atoms with Crippen LogP contribution in [0.1, 0.15) is 59.2 Å². The van der Waals surface area contributed by atoms with Crippen molar-refractivity contribution in [3.05, 3.63) is 47.7 Å². The van der Waals surface area contributed by atoms with E-state index in [0.29, 0.717) is 17.8 Å². The zero-order chi connectivity index (χ0) is 29.6. The van der Waals surface area contributed by atoms with Crippen LogP contribution >= 0.6 is 0 Å². The van der Waals surface area contributed by atoms with Crippen LogP contribution in [-0.4, -0.2) is 97.8 Å². The number of ether oxygens (including phenoxy) is 1. The minimum Gasteiger partial charge on any atom is -0.489 e. The molecule has 0 spiro atoms. The van der Waals surface area contributed by atoms with Crippen molar-refractivity contribution in [3.8, 4) is 5.75 Å². The number of piperidine rings is 3. The van der Waals surface area contributed by atoms with E-state index in [0.717, 1.165) is 75.7 Å². The van der Waals surface area contributed by atoms with Gasteiger partial charge in [0.25, 0.3) is 5.91 Å². The summed E-state index contributed by atoms with van der Waals surface area (Å²) in [5, 5.41) is 5.30. The largest absolute Gasteiger partial charge is 0.489 e. The molecule has 3 fully saturated rings. The SMILES string of the molecule is CNc1ccc(OC2CCN(CC3CCN(c4ccc(C(=O)N(C)C5CCC(=O)NC5=O)c(C=O)c4)CC3)CC2)cn1. The van der Waals surface area contributed by atoms with Crippen molar-refractivity contribution < 1.29 is 23.9 Å². The van der Waals surface area contributed by atoms with Crippen molar-refractivity contribution >= 4 is 35.5 Å². The van der Waals surface area contributed by atoms with Gasteiger partial charge in [0.1, 0.15) is 23.7 Å². The van der Waals surface area contributed by atoms with Crippen LogP contribution in [0, 0.1) is 5.92 Å². The van der Waals surface area contributed by atoms with Gasteiger partial charge in [-0.1, -0.05) is 0 Å². The highest BCUT2D eigenvalue weighted by atomic mass is 16.5. The lowest BCUT2D eigenvalue weighted by atomic mass is 9.94. The highest BCUT2D eigenvalue weighted by Crippen LogP contribution is 2.28. The zero-order valence-corrected chi connectivity index (χ0v) is 24.4. The van der Waals surface area contributed by atoms with Crippen LogP contribution < -0.4 is 20.3 Å². The molecule has 1 unspecified atom stereocenters. The second kappa shape index (κ2) is 13.3. The number of aldehydes is 1. The number of pyridine rings is 1. The first-order chi connectivity index (χ1) is 20.3. The third kappa shape index (κ3) is 6.89. The lowest BCUT2D eigenvalue weighted by molar-refractivity contribution is -0.136. The van der Waals surface area contributed by atoms with E-state index in [9.17, 15) is 19.2 Å². The molecule has 3 aliphatic heterocycles. The zero-order valence-electron chi connectivity index (χ0n) is 24.4. The maximum Gasteiger partial charge on any atom is 0.255 e. The number of benzene rings is 1. The predicted octanol–water partition coefficient (Wildman–Crippen LogP) is 2.57. The number of rotatable bonds is 9. The number of imide groups is 1. The number of carbonyl (C=O) groups is 4. The average Bonchev–Trinajstić information content (AvgIpc) is 3.02. The highest BCUT2D eigenvalue weighted by Gasteiger charge is 2.33. The Kier molecular flexibility index (Phi) is 9.36. The van der Waals surface area contributed by atoms with E-state index in [1.165, 1.54) is 11.9 Å². The second-order valence-corrected chi connectivity index (χ2v) is 11.4. The summed E-state index contributed by atoms with van der Waals surface area (Å²) in [6.45, 7) is 4.92. The van der Waals surface area contributed by atoms with Crippen molar-refractivity contribution in [3.63, 3.8) is 0 Å². The van der Waals surface area contributed by atoms with Gasteiger partial charge in [-0.05, 0) is 68.4 Å². The number of carbonyl (C=O) groups excluding carboxylic acids is 4. The van der Waals surface area contributed by atoms with E-state index in [2.05, 4.69) is 25.4 Å². The molecular formula is C31H40N6O5. The highest BCUT2D eigenvalue weighted by molar-refractivity contribution is 6.06. The number of anilines is 2. The molecule has 2 N–H and O–H groups in total. The normalized spacial score (nSPS) is 20.6. The van der Waals surface area contributed by atoms with Gasteiger partial charge in [0.15, 0.2) is 6.29 Å². The number of nitrogens with zero attached hydrogens (tertiary/aromatic N) is 4. The van der Waals surface area contributed by atoms with Gasteiger partial charge in [0.2, 0.25) is 11.8 Å². The molecule has 2 aromatic rings. The van der Waals surface area contributed by atoms with Crippen LogP contribution in [0.3, 0.4) is 0 Å². The summed E-state index contributed by atoms with van der Waals surface area (Å²) in [7, 11) is 3.38. The smallest absolute Gasteiger partial charge is 0.255 e. The van der Waals surface area contributed by atoms with Gasteiger partial charge in [0, 0.05) is 64.5 Å². The summed E-state index contributed by atoms with van der Waals surface area (Å²) in [6.07, 6.45) is 7.28. The summed E-state index contributed by atoms with van der Waals surface area (Å²) in [6, 6.07) is 8.47. The lowest BCUT2D eigenvalue weighted by Gasteiger charge is -2.38. The van der Waals surface area contributed by atoms with Crippen LogP contribution in [-0.2, 0) is 9.59 Å². The van der Waals surface area contributed by atoms with E-state index < -0.39 is 17.9 Å². The van der Waals surface area contributed by atoms with Crippen molar-refractivity contribution in [2.24, 2.45) is 5.92 Å². The Morgan fingerprint density at radius 2 is 1.86 bits per heavy atom. The Bertz CT molecular complexity index is 1290. The number of hydrogen-bond acceptors (Lipinski definition) is 9. The molecule has 3 amide bonds. The van der Waals surface area contributed by atoms with Crippen LogP contribution in [0.2, 0.25) is 0 Å². The van der Waals surface area contributed by atoms with Crippen molar-refractivity contribution in [1.82, 2.24) is 20.1 Å². The first-order valence-electron chi connectivity index (χ1n) is 14.8. The number of aromatic nitrogens is 1. The maximum atomic E-state index is 13.2. The van der Waals surface area contributed by atoms with Gasteiger partial charge in [-0.15, -0.1) is 0 Å². The molecule has 0 saturated carbocycles. The molecule has 11 heteroatoms. The number of likely N-dealkylation sites (tertiary alicyclic amines) is 1. The molecule has 0 radical (unpaired) electrons. The summed E-state index contributed by atoms with van der Waals surface area (Å²) >= 11 is 0. The fraction of sp³-hybridized carbons (Fsp3) is 0.516. The summed E-state index contributed by atoms with van der Waals surface area (Å²) in [5.74, 6) is 1.03. The molecule has 0 bridgehead atoms. The predicted molar refractivity (Wildman–Crippen MR) is 159 cm³/mol. The molecule has 3 saturated heterocycles. The number of amides is 3. The Labute approximate surface area is 246 Å². The third-order valence-electron chi connectivity index (χ3n) is 8.72. The van der Waals surface area contributed by atoms with E-state index in [1.807, 2.05) is 25.2 Å². The summed E-state index contributed by atoms with van der Waals surface area (Å²) in [4.78, 5) is 59.3. The minimum absolute atomic E-state index is 0.181. The second-order valence-electron chi connectivity index (χ2n) is 11.4. The standard InChI is InChI=1S/C31H40N6O5/c1-32-28-7-4-25(18-33-28)42-24-11-13-36(14-12-24)19-21-9-15-37(16-10-21)23-3-5-26(22(17-23)20-38)31(41)35(2)27-6-8-29(39)34-30(27)40/h3-5,7,17-18,20-21,24,27H,6,8-16,19H2,1-2H3,(H,32,33)(H,34,39,40). The van der Waals surface area contributed by atoms with Gasteiger partial charge < -0.3 is 24.8 Å². The van der Waals surface area contributed by atoms with Crippen molar-refractivity contribution in [2.75, 3.05) is 57.0 Å². The first kappa shape index (κ1) is 29.5. The van der Waals surface area contributed by atoms with Crippen LogP contribution in [0.5, 0.6) is 5.75 Å². The first-order valence-corrected chi connectivity index (χ1v) is 14.8. The Morgan fingerprint density at radius 1 is 1.10 bits per heavy atom. The molecular weight excluding hydrogens is 536 g/mol.